The van der Waals surface area contributed by atoms with Gasteiger partial charge in [0.25, 0.3) is 0 Å². The zero-order valence-corrected chi connectivity index (χ0v) is 12.1. The lowest BCUT2D eigenvalue weighted by Crippen LogP contribution is -2.23. The summed E-state index contributed by atoms with van der Waals surface area (Å²) in [4.78, 5) is 0. The van der Waals surface area contributed by atoms with E-state index in [0.717, 1.165) is 29.7 Å². The summed E-state index contributed by atoms with van der Waals surface area (Å²) in [5.41, 5.74) is 2.71. The Morgan fingerprint density at radius 2 is 1.62 bits per heavy atom. The fourth-order valence-electron chi connectivity index (χ4n) is 2.54. The predicted octanol–water partition coefficient (Wildman–Crippen LogP) is 2.93. The highest BCUT2D eigenvalue weighted by Gasteiger charge is 2.06. The number of aryl methyl sites for hydroxylation is 2. The Morgan fingerprint density at radius 1 is 0.952 bits per heavy atom. The van der Waals surface area contributed by atoms with Crippen molar-refractivity contribution in [2.24, 2.45) is 7.05 Å². The topological polar surface area (TPSA) is 42.9 Å². The Balaban J connectivity index is 1.69. The molecule has 0 atom stereocenters. The van der Waals surface area contributed by atoms with E-state index in [2.05, 4.69) is 6.07 Å². The summed E-state index contributed by atoms with van der Waals surface area (Å²) < 4.78 is 9.65. The maximum atomic E-state index is 8.21. The first kappa shape index (κ1) is 13.5. The molecule has 21 heavy (non-hydrogen) atoms. The molecule has 0 fully saturated rings. The van der Waals surface area contributed by atoms with Crippen LogP contribution < -0.4 is 10.4 Å². The molecule has 3 aromatic rings. The fourth-order valence-corrected chi connectivity index (χ4v) is 2.54. The van der Waals surface area contributed by atoms with Crippen molar-refractivity contribution in [1.82, 2.24) is 9.13 Å². The van der Waals surface area contributed by atoms with Crippen LogP contribution in [0.15, 0.2) is 54.6 Å². The Morgan fingerprint density at radius 3 is 2.38 bits per heavy atom. The monoisotopic (exact) mass is 281 g/mol. The molecule has 0 amide bonds. The third kappa shape index (κ3) is 2.70. The highest BCUT2D eigenvalue weighted by molar-refractivity contribution is 5.75. The molecule has 1 heterocycles. The van der Waals surface area contributed by atoms with Crippen LogP contribution in [0.1, 0.15) is 6.42 Å². The lowest BCUT2D eigenvalue weighted by atomic mass is 10.3. The van der Waals surface area contributed by atoms with Crippen molar-refractivity contribution in [3.63, 3.8) is 0 Å². The van der Waals surface area contributed by atoms with Gasteiger partial charge in [-0.1, -0.05) is 30.3 Å². The largest absolute Gasteiger partial charge is 0.494 e. The van der Waals surface area contributed by atoms with Crippen molar-refractivity contribution >= 4 is 11.0 Å². The van der Waals surface area contributed by atoms with Crippen molar-refractivity contribution in [1.29, 1.82) is 5.41 Å². The summed E-state index contributed by atoms with van der Waals surface area (Å²) in [6, 6.07) is 18.0. The van der Waals surface area contributed by atoms with E-state index in [9.17, 15) is 0 Å². The number of imidazole rings is 1. The van der Waals surface area contributed by atoms with Crippen molar-refractivity contribution < 1.29 is 4.74 Å². The number of aromatic nitrogens is 2. The summed E-state index contributed by atoms with van der Waals surface area (Å²) >= 11 is 0. The lowest BCUT2D eigenvalue weighted by Gasteiger charge is -2.07. The Hall–Kier alpha value is -2.49. The van der Waals surface area contributed by atoms with Gasteiger partial charge in [0.2, 0.25) is 5.62 Å². The maximum absolute atomic E-state index is 8.21. The van der Waals surface area contributed by atoms with Crippen LogP contribution in [0.3, 0.4) is 0 Å². The number of rotatable bonds is 5. The minimum absolute atomic E-state index is 0.524. The summed E-state index contributed by atoms with van der Waals surface area (Å²) in [6.07, 6.45) is 0.874. The molecule has 4 nitrogen and oxygen atoms in total. The molecule has 1 aromatic heterocycles. The van der Waals surface area contributed by atoms with Crippen molar-refractivity contribution in [2.45, 2.75) is 13.0 Å². The molecule has 3 rings (SSSR count). The number of ether oxygens (including phenoxy) is 1. The van der Waals surface area contributed by atoms with Gasteiger partial charge in [0.15, 0.2) is 0 Å². The first-order valence-corrected chi connectivity index (χ1v) is 7.14. The molecule has 0 spiro atoms. The van der Waals surface area contributed by atoms with Crippen molar-refractivity contribution in [3.05, 3.63) is 60.2 Å². The van der Waals surface area contributed by atoms with E-state index in [-0.39, 0.29) is 0 Å². The van der Waals surface area contributed by atoms with Crippen LogP contribution in [0.2, 0.25) is 0 Å². The highest BCUT2D eigenvalue weighted by Crippen LogP contribution is 2.12. The van der Waals surface area contributed by atoms with E-state index < -0.39 is 0 Å². The molecule has 0 saturated heterocycles. The van der Waals surface area contributed by atoms with Crippen LogP contribution in [0.4, 0.5) is 0 Å². The second-order valence-corrected chi connectivity index (χ2v) is 5.04. The van der Waals surface area contributed by atoms with Crippen molar-refractivity contribution in [3.8, 4) is 5.75 Å². The SMILES string of the molecule is Cn1c(=N)n(CCCOc2ccccc2)c2ccccc21. The molecule has 0 radical (unpaired) electrons. The number of para-hydroxylation sites is 3. The average molecular weight is 281 g/mol. The molecule has 0 aliphatic rings. The first-order valence-electron chi connectivity index (χ1n) is 7.14. The molecule has 0 aliphatic heterocycles. The van der Waals surface area contributed by atoms with E-state index in [0.29, 0.717) is 12.2 Å². The van der Waals surface area contributed by atoms with Crippen molar-refractivity contribution in [2.75, 3.05) is 6.61 Å². The van der Waals surface area contributed by atoms with Gasteiger partial charge in [0.05, 0.1) is 17.6 Å². The summed E-state index contributed by atoms with van der Waals surface area (Å²) in [5, 5.41) is 8.21. The second kappa shape index (κ2) is 5.87. The van der Waals surface area contributed by atoms with Crippen LogP contribution in [0.5, 0.6) is 5.75 Å². The summed E-state index contributed by atoms with van der Waals surface area (Å²) in [6.45, 7) is 1.44. The number of hydrogen-bond donors (Lipinski definition) is 1. The van der Waals surface area contributed by atoms with Crippen LogP contribution in [-0.2, 0) is 13.6 Å². The van der Waals surface area contributed by atoms with E-state index in [1.807, 2.05) is 64.7 Å². The van der Waals surface area contributed by atoms with Gasteiger partial charge in [-0.2, -0.15) is 0 Å². The Bertz CT molecular complexity index is 787. The number of nitrogens with zero attached hydrogens (tertiary/aromatic N) is 2. The number of hydrogen-bond acceptors (Lipinski definition) is 2. The summed E-state index contributed by atoms with van der Waals surface area (Å²) in [7, 11) is 1.93. The summed E-state index contributed by atoms with van der Waals surface area (Å²) in [5.74, 6) is 0.895. The molecule has 1 N–H and O–H groups in total. The maximum Gasteiger partial charge on any atom is 0.202 e. The van der Waals surface area contributed by atoms with Gasteiger partial charge in [0.1, 0.15) is 5.75 Å². The van der Waals surface area contributed by atoms with Crippen LogP contribution >= 0.6 is 0 Å². The van der Waals surface area contributed by atoms with Crippen LogP contribution in [0, 0.1) is 5.41 Å². The van der Waals surface area contributed by atoms with E-state index >= 15 is 0 Å². The Labute approximate surface area is 123 Å². The molecule has 0 unspecified atom stereocenters. The third-order valence-electron chi connectivity index (χ3n) is 3.65. The van der Waals surface area contributed by atoms with Gasteiger partial charge >= 0.3 is 0 Å². The zero-order valence-electron chi connectivity index (χ0n) is 12.1. The molecule has 0 saturated carbocycles. The first-order chi connectivity index (χ1) is 10.3. The van der Waals surface area contributed by atoms with Gasteiger partial charge in [-0.3, -0.25) is 5.41 Å². The molecule has 4 heteroatoms. The molecule has 108 valence electrons. The normalized spacial score (nSPS) is 10.9. The number of benzene rings is 2. The zero-order chi connectivity index (χ0) is 14.7. The quantitative estimate of drug-likeness (QED) is 0.718. The minimum atomic E-state index is 0.524. The van der Waals surface area contributed by atoms with E-state index in [1.165, 1.54) is 0 Å². The molecular formula is C17H19N3O. The minimum Gasteiger partial charge on any atom is -0.494 e. The van der Waals surface area contributed by atoms with Crippen LogP contribution in [-0.4, -0.2) is 15.7 Å². The van der Waals surface area contributed by atoms with Gasteiger partial charge in [-0.25, -0.2) is 0 Å². The standard InChI is InChI=1S/C17H19N3O/c1-19-15-10-5-6-11-16(15)20(17(19)18)12-7-13-21-14-8-3-2-4-9-14/h2-6,8-11,18H,7,12-13H2,1H3. The molecular weight excluding hydrogens is 262 g/mol. The van der Waals surface area contributed by atoms with E-state index in [1.54, 1.807) is 0 Å². The van der Waals surface area contributed by atoms with Gasteiger partial charge in [-0.05, 0) is 30.7 Å². The van der Waals surface area contributed by atoms with Gasteiger partial charge < -0.3 is 13.9 Å². The number of fused-ring (bicyclic) bond motifs is 1. The Kier molecular flexibility index (Phi) is 3.77. The van der Waals surface area contributed by atoms with Gasteiger partial charge in [0, 0.05) is 13.6 Å². The predicted molar refractivity (Wildman–Crippen MR) is 83.3 cm³/mol. The third-order valence-corrected chi connectivity index (χ3v) is 3.65. The molecule has 2 aromatic carbocycles. The smallest absolute Gasteiger partial charge is 0.202 e. The number of nitrogens with one attached hydrogen (secondary N) is 1. The second-order valence-electron chi connectivity index (χ2n) is 5.04. The van der Waals surface area contributed by atoms with E-state index in [4.69, 9.17) is 10.1 Å². The van der Waals surface area contributed by atoms with Gasteiger partial charge in [-0.15, -0.1) is 0 Å². The van der Waals surface area contributed by atoms with Crippen LogP contribution in [0.25, 0.3) is 11.0 Å². The molecule has 0 aliphatic carbocycles. The fraction of sp³-hybridized carbons (Fsp3) is 0.235. The highest BCUT2D eigenvalue weighted by atomic mass is 16.5. The lowest BCUT2D eigenvalue weighted by molar-refractivity contribution is 0.301. The molecule has 0 bridgehead atoms. The average Bonchev–Trinajstić information content (AvgIpc) is 2.77.